The Bertz CT molecular complexity index is 543. The number of primary amides is 1. The molecule has 2 atom stereocenters. The molecule has 1 fully saturated rings. The highest BCUT2D eigenvalue weighted by Crippen LogP contribution is 2.35. The predicted molar refractivity (Wildman–Crippen MR) is 89.7 cm³/mol. The van der Waals surface area contributed by atoms with Gasteiger partial charge < -0.3 is 21.5 Å². The van der Waals surface area contributed by atoms with Crippen molar-refractivity contribution in [2.45, 2.75) is 58.1 Å². The summed E-state index contributed by atoms with van der Waals surface area (Å²) in [7, 11) is 0. The fourth-order valence-corrected chi connectivity index (χ4v) is 3.43. The molecule has 1 aliphatic rings. The largest absolute Gasteiger partial charge is 0.444 e. The maximum atomic E-state index is 10.9. The van der Waals surface area contributed by atoms with Crippen molar-refractivity contribution in [3.05, 3.63) is 23.8 Å². The third-order valence-corrected chi connectivity index (χ3v) is 4.27. The van der Waals surface area contributed by atoms with Crippen molar-refractivity contribution in [3.63, 3.8) is 0 Å². The fourth-order valence-electron chi connectivity index (χ4n) is 3.43. The lowest BCUT2D eigenvalue weighted by molar-refractivity contribution is 0.0271. The number of carbonyl (C=O) groups excluding carboxylic acids is 1. The Hall–Kier alpha value is -1.91. The van der Waals surface area contributed by atoms with Crippen LogP contribution in [0.4, 0.5) is 16.2 Å². The van der Waals surface area contributed by atoms with Crippen molar-refractivity contribution in [1.29, 1.82) is 0 Å². The summed E-state index contributed by atoms with van der Waals surface area (Å²) in [6.45, 7) is 5.86. The van der Waals surface area contributed by atoms with Crippen LogP contribution in [0.15, 0.2) is 18.2 Å². The molecule has 1 amide bonds. The first-order chi connectivity index (χ1) is 10.2. The first-order valence-electron chi connectivity index (χ1n) is 7.86. The van der Waals surface area contributed by atoms with Crippen LogP contribution >= 0.6 is 0 Å². The van der Waals surface area contributed by atoms with Gasteiger partial charge in [0.2, 0.25) is 0 Å². The van der Waals surface area contributed by atoms with Crippen LogP contribution in [0, 0.1) is 12.8 Å². The Kier molecular flexibility index (Phi) is 4.84. The number of carbonyl (C=O) groups is 1. The Morgan fingerprint density at radius 2 is 2.14 bits per heavy atom. The number of rotatable bonds is 5. The maximum absolute atomic E-state index is 10.9. The quantitative estimate of drug-likeness (QED) is 0.727. The molecule has 1 aromatic rings. The molecule has 0 heterocycles. The molecule has 1 saturated carbocycles. The molecule has 0 aliphatic heterocycles. The fraction of sp³-hybridized carbons (Fsp3) is 0.588. The van der Waals surface area contributed by atoms with Crippen LogP contribution in [0.3, 0.4) is 0 Å². The molecular weight excluding hydrogens is 278 g/mol. The smallest absolute Gasteiger partial charge is 0.405 e. The van der Waals surface area contributed by atoms with E-state index in [2.05, 4.69) is 11.4 Å². The first kappa shape index (κ1) is 16.5. The van der Waals surface area contributed by atoms with Gasteiger partial charge >= 0.3 is 6.09 Å². The summed E-state index contributed by atoms with van der Waals surface area (Å²) in [5.41, 5.74) is 13.6. The zero-order valence-corrected chi connectivity index (χ0v) is 13.7. The van der Waals surface area contributed by atoms with Crippen molar-refractivity contribution in [1.82, 2.24) is 0 Å². The van der Waals surface area contributed by atoms with E-state index in [9.17, 15) is 4.79 Å². The summed E-state index contributed by atoms with van der Waals surface area (Å²) in [4.78, 5) is 10.9. The second-order valence-corrected chi connectivity index (χ2v) is 7.00. The molecule has 5 N–H and O–H groups in total. The van der Waals surface area contributed by atoms with Gasteiger partial charge in [0, 0.05) is 6.04 Å². The molecule has 0 aromatic heterocycles. The van der Waals surface area contributed by atoms with Crippen LogP contribution < -0.4 is 16.8 Å². The number of hydrogen-bond donors (Lipinski definition) is 3. The van der Waals surface area contributed by atoms with Gasteiger partial charge in [0.05, 0.1) is 11.4 Å². The maximum Gasteiger partial charge on any atom is 0.405 e. The lowest BCUT2D eigenvalue weighted by atomic mass is 9.92. The van der Waals surface area contributed by atoms with Gasteiger partial charge in [0.25, 0.3) is 0 Å². The van der Waals surface area contributed by atoms with Gasteiger partial charge in [0.15, 0.2) is 0 Å². The number of nitrogens with two attached hydrogens (primary N) is 2. The highest BCUT2D eigenvalue weighted by molar-refractivity contribution is 5.67. The molecule has 0 radical (unpaired) electrons. The number of nitrogens with one attached hydrogen (secondary N) is 1. The summed E-state index contributed by atoms with van der Waals surface area (Å²) in [6.07, 6.45) is 3.40. The van der Waals surface area contributed by atoms with Crippen LogP contribution in [-0.4, -0.2) is 17.7 Å². The van der Waals surface area contributed by atoms with Crippen LogP contribution in [0.5, 0.6) is 0 Å². The molecular formula is C17H27N3O2. The summed E-state index contributed by atoms with van der Waals surface area (Å²) >= 11 is 0. The number of anilines is 2. The molecule has 0 saturated heterocycles. The van der Waals surface area contributed by atoms with Gasteiger partial charge in [-0.15, -0.1) is 0 Å². The van der Waals surface area contributed by atoms with Gasteiger partial charge in [-0.1, -0.05) is 6.07 Å². The second kappa shape index (κ2) is 6.46. The SMILES string of the molecule is Cc1ccc(N[C@H]2CC[C@H](CC(C)(C)OC(N)=O)C2)c(N)c1. The Balaban J connectivity index is 1.89. The van der Waals surface area contributed by atoms with E-state index in [-0.39, 0.29) is 0 Å². The van der Waals surface area contributed by atoms with E-state index < -0.39 is 11.7 Å². The molecule has 0 spiro atoms. The second-order valence-electron chi connectivity index (χ2n) is 7.00. The molecule has 2 rings (SSSR count). The van der Waals surface area contributed by atoms with Crippen LogP contribution in [0.1, 0.15) is 45.1 Å². The lowest BCUT2D eigenvalue weighted by Crippen LogP contribution is -2.33. The van der Waals surface area contributed by atoms with Gasteiger partial charge in [-0.2, -0.15) is 0 Å². The standard InChI is InChI=1S/C17H27N3O2/c1-11-4-7-15(14(18)8-11)20-13-6-5-12(9-13)10-17(2,3)22-16(19)21/h4,7-8,12-13,20H,5-6,9-10,18H2,1-3H3,(H2,19,21)/t12-,13-/m0/s1. The molecule has 0 unspecified atom stereocenters. The number of hydrogen-bond acceptors (Lipinski definition) is 4. The molecule has 122 valence electrons. The van der Waals surface area contributed by atoms with E-state index in [1.54, 1.807) is 0 Å². The highest BCUT2D eigenvalue weighted by Gasteiger charge is 2.32. The minimum atomic E-state index is -0.704. The number of amides is 1. The van der Waals surface area contributed by atoms with Gasteiger partial charge in [-0.3, -0.25) is 0 Å². The number of aryl methyl sites for hydroxylation is 1. The number of ether oxygens (including phenoxy) is 1. The summed E-state index contributed by atoms with van der Waals surface area (Å²) in [6, 6.07) is 6.51. The number of benzene rings is 1. The van der Waals surface area contributed by atoms with Crippen molar-refractivity contribution < 1.29 is 9.53 Å². The van der Waals surface area contributed by atoms with Crippen molar-refractivity contribution in [3.8, 4) is 0 Å². The zero-order valence-electron chi connectivity index (χ0n) is 13.7. The van der Waals surface area contributed by atoms with Gasteiger partial charge in [-0.05, 0) is 70.1 Å². The minimum absolute atomic E-state index is 0.416. The third-order valence-electron chi connectivity index (χ3n) is 4.27. The summed E-state index contributed by atoms with van der Waals surface area (Å²) in [5.74, 6) is 0.526. The van der Waals surface area contributed by atoms with E-state index in [0.29, 0.717) is 12.0 Å². The summed E-state index contributed by atoms with van der Waals surface area (Å²) < 4.78 is 5.18. The average Bonchev–Trinajstić information content (AvgIpc) is 2.77. The van der Waals surface area contributed by atoms with Crippen LogP contribution in [-0.2, 0) is 4.74 Å². The normalized spacial score (nSPS) is 21.6. The Morgan fingerprint density at radius 1 is 1.41 bits per heavy atom. The highest BCUT2D eigenvalue weighted by atomic mass is 16.6. The third kappa shape index (κ3) is 4.55. The van der Waals surface area contributed by atoms with E-state index in [1.807, 2.05) is 32.9 Å². The molecule has 22 heavy (non-hydrogen) atoms. The first-order valence-corrected chi connectivity index (χ1v) is 7.86. The molecule has 1 aromatic carbocycles. The molecule has 5 nitrogen and oxygen atoms in total. The topological polar surface area (TPSA) is 90.4 Å². The summed E-state index contributed by atoms with van der Waals surface area (Å²) in [5, 5.41) is 3.54. The Labute approximate surface area is 132 Å². The predicted octanol–water partition coefficient (Wildman–Crippen LogP) is 3.42. The number of nitrogen functional groups attached to an aromatic ring is 1. The van der Waals surface area contributed by atoms with Crippen LogP contribution in [0.2, 0.25) is 0 Å². The average molecular weight is 305 g/mol. The zero-order chi connectivity index (χ0) is 16.3. The lowest BCUT2D eigenvalue weighted by Gasteiger charge is -2.27. The van der Waals surface area contributed by atoms with Crippen molar-refractivity contribution in [2.75, 3.05) is 11.1 Å². The monoisotopic (exact) mass is 305 g/mol. The molecule has 5 heteroatoms. The minimum Gasteiger partial charge on any atom is -0.444 e. The van der Waals surface area contributed by atoms with E-state index in [1.165, 1.54) is 0 Å². The van der Waals surface area contributed by atoms with Crippen molar-refractivity contribution in [2.24, 2.45) is 11.7 Å². The van der Waals surface area contributed by atoms with E-state index in [4.69, 9.17) is 16.2 Å². The van der Waals surface area contributed by atoms with Crippen molar-refractivity contribution >= 4 is 17.5 Å². The molecule has 0 bridgehead atoms. The van der Waals surface area contributed by atoms with E-state index >= 15 is 0 Å². The van der Waals surface area contributed by atoms with E-state index in [0.717, 1.165) is 42.6 Å². The van der Waals surface area contributed by atoms with Gasteiger partial charge in [-0.25, -0.2) is 4.79 Å². The Morgan fingerprint density at radius 3 is 2.77 bits per heavy atom. The van der Waals surface area contributed by atoms with Crippen LogP contribution in [0.25, 0.3) is 0 Å². The molecule has 1 aliphatic carbocycles. The van der Waals surface area contributed by atoms with Gasteiger partial charge in [0.1, 0.15) is 5.60 Å².